The number of fused-ring (bicyclic) bond motifs is 25. The topological polar surface area (TPSA) is 0 Å². The molecule has 0 unspecified atom stereocenters. The van der Waals surface area contributed by atoms with Crippen molar-refractivity contribution < 1.29 is 0 Å². The Labute approximate surface area is 837 Å². The summed E-state index contributed by atoms with van der Waals surface area (Å²) in [5, 5.41) is 5.33. The molecule has 0 aromatic heterocycles. The van der Waals surface area contributed by atoms with E-state index >= 15 is 0 Å². The summed E-state index contributed by atoms with van der Waals surface area (Å²) in [6.45, 7) is 38.8. The molecule has 0 radical (unpaired) electrons. The number of benzene rings is 18. The Morgan fingerprint density at radius 2 is 0.397 bits per heavy atom. The molecule has 0 atom stereocenters. The Bertz CT molecular complexity index is 7840. The van der Waals surface area contributed by atoms with E-state index in [0.717, 1.165) is 12.8 Å². The van der Waals surface area contributed by atoms with Gasteiger partial charge in [0.1, 0.15) is 0 Å². The van der Waals surface area contributed by atoms with Crippen molar-refractivity contribution in [3.05, 3.63) is 417 Å². The van der Waals surface area contributed by atoms with Crippen LogP contribution in [0.4, 0.5) is 0 Å². The van der Waals surface area contributed by atoms with Crippen molar-refractivity contribution in [2.75, 3.05) is 0 Å². The normalized spacial score (nSPS) is 15.7. The highest BCUT2D eigenvalue weighted by Gasteiger charge is 2.50. The highest BCUT2D eigenvalue weighted by molar-refractivity contribution is 6.13. The largest absolute Gasteiger partial charge is 0.0654 e. The molecule has 0 heteroatoms. The van der Waals surface area contributed by atoms with Crippen LogP contribution in [-0.4, -0.2) is 0 Å². The van der Waals surface area contributed by atoms with Crippen LogP contribution in [-0.2, 0) is 37.9 Å². The molecule has 18 aromatic carbocycles. The Morgan fingerprint density at radius 3 is 0.738 bits per heavy atom. The van der Waals surface area contributed by atoms with Crippen LogP contribution in [0.15, 0.2) is 328 Å². The molecule has 0 heterocycles. The number of rotatable bonds is 22. The van der Waals surface area contributed by atoms with Gasteiger partial charge in [0, 0.05) is 37.9 Å². The molecule has 0 spiro atoms. The molecule has 7 aliphatic rings. The molecule has 0 N–H and O–H groups in total. The first-order chi connectivity index (χ1) is 68.1. The van der Waals surface area contributed by atoms with Crippen LogP contribution in [0.5, 0.6) is 0 Å². The van der Waals surface area contributed by atoms with E-state index in [9.17, 15) is 0 Å². The van der Waals surface area contributed by atoms with Crippen molar-refractivity contribution >= 4 is 21.5 Å². The van der Waals surface area contributed by atoms with Gasteiger partial charge in [-0.15, -0.1) is 0 Å². The maximum absolute atomic E-state index is 2.81. The van der Waals surface area contributed by atoms with E-state index in [4.69, 9.17) is 0 Å². The summed E-state index contributed by atoms with van der Waals surface area (Å²) in [5.41, 5.74) is 61.1. The summed E-state index contributed by atoms with van der Waals surface area (Å²) in [6.07, 6.45) is 17.6. The molecule has 0 aliphatic heterocycles. The number of hydrogen-bond acceptors (Lipinski definition) is 0. The van der Waals surface area contributed by atoms with E-state index in [-0.39, 0.29) is 37.9 Å². The lowest BCUT2D eigenvalue weighted by Gasteiger charge is -2.34. The number of unbranched alkanes of at least 4 members (excludes halogenated alkanes) is 10. The third kappa shape index (κ3) is 13.7. The van der Waals surface area contributed by atoms with E-state index in [1.165, 1.54) is 343 Å². The highest BCUT2D eigenvalue weighted by Crippen LogP contribution is 2.66. The fraction of sp³-hybridized carbons (Fsp3) is 0.262. The van der Waals surface area contributed by atoms with Gasteiger partial charge in [-0.05, 0) is 401 Å². The molecular weight excluding hydrogens is 1690 g/mol. The molecule has 18 aromatic rings. The SMILES string of the molecule is CCCCCCCCC1(CCCCCCCC)c2cc3c(cc2-c2cc4c(cc21)-c1c(cc(-c2cccc(-c5cc(C)cc(-c6ccc7c(c6)C(C)(C)c6cc(-c8ccc9c(c8)C(C)(C)c8ccccc8-9)ccc6-7)c5)c2)c2ccccc12)C4(C)C)C(C)(C)c1cc(-c2cccc(-c4cc(C)cc(-c5ccc6c(c5)C(C)(C)c5cc(-c7ccc8c(c7)C(C)(C)c7ccccc7-8)ccc5-6)c4)c2)c2ccccc2c1-3. The monoisotopic (exact) mass is 1820 g/mol. The summed E-state index contributed by atoms with van der Waals surface area (Å²) < 4.78 is 0. The predicted octanol–water partition coefficient (Wildman–Crippen LogP) is 39.6. The van der Waals surface area contributed by atoms with Gasteiger partial charge < -0.3 is 0 Å². The summed E-state index contributed by atoms with van der Waals surface area (Å²) in [6, 6.07) is 130. The van der Waals surface area contributed by atoms with E-state index in [0.29, 0.717) is 0 Å². The molecule has 0 saturated heterocycles. The summed E-state index contributed by atoms with van der Waals surface area (Å²) in [7, 11) is 0. The first-order valence-corrected chi connectivity index (χ1v) is 53.2. The van der Waals surface area contributed by atoms with Crippen LogP contribution in [0.2, 0.25) is 0 Å². The third-order valence-electron chi connectivity index (χ3n) is 35.9. The van der Waals surface area contributed by atoms with Gasteiger partial charge >= 0.3 is 0 Å². The first-order valence-electron chi connectivity index (χ1n) is 53.2. The van der Waals surface area contributed by atoms with Crippen molar-refractivity contribution in [1.82, 2.24) is 0 Å². The van der Waals surface area contributed by atoms with E-state index in [1.54, 1.807) is 11.1 Å². The zero-order valence-corrected chi connectivity index (χ0v) is 85.6. The van der Waals surface area contributed by atoms with E-state index in [1.807, 2.05) is 0 Å². The average molecular weight is 1820 g/mol. The van der Waals surface area contributed by atoms with Crippen molar-refractivity contribution in [3.8, 4) is 167 Å². The van der Waals surface area contributed by atoms with Crippen molar-refractivity contribution in [1.29, 1.82) is 0 Å². The maximum atomic E-state index is 2.81. The van der Waals surface area contributed by atoms with Crippen LogP contribution < -0.4 is 0 Å². The molecule has 694 valence electrons. The number of aryl methyl sites for hydroxylation is 2. The molecule has 141 heavy (non-hydrogen) atoms. The molecule has 0 amide bonds. The standard InChI is InChI=1S/C141H130/c1-17-19-21-23-25-35-63-141(64-36-26-24-22-20-18-2)129-83-117-127(139(13,14)131-79-113(101-43-27-29-47-111(101)133(117)131)95-41-37-39-87(69-95)97-65-85(3)67-99(71-97)93-55-61-109-107-59-53-91(75-123(107)137(9,10)125(109)77-93)89-51-57-105-103-45-31-33-49-119(103)135(5,6)121(105)73-89)81-115(129)116-82-128-118(84-130(116)141)134-112-48-30-28-44-102(112)114(80-132(134)140(128,15)16)96-42-38-40-88(70-96)98-66-86(4)68-100(72-98)94-56-62-110-108-60-54-92(76-124(108)138(11,12)126(110)78-94)90-52-58-106-104-46-32-34-50-120(104)136(7,8)122(106)74-90/h27-34,37-62,65-84H,17-26,35-36,63-64H2,1-16H3. The van der Waals surface area contributed by atoms with Gasteiger partial charge in [-0.25, -0.2) is 0 Å². The molecule has 0 bridgehead atoms. The zero-order chi connectivity index (χ0) is 96.5. The van der Waals surface area contributed by atoms with Gasteiger partial charge in [0.05, 0.1) is 0 Å². The Kier molecular flexibility index (Phi) is 20.7. The molecular formula is C141H130. The van der Waals surface area contributed by atoms with Crippen molar-refractivity contribution in [3.63, 3.8) is 0 Å². The van der Waals surface area contributed by atoms with Gasteiger partial charge in [0.2, 0.25) is 0 Å². The second-order valence-electron chi connectivity index (χ2n) is 46.5. The van der Waals surface area contributed by atoms with Crippen molar-refractivity contribution in [2.45, 2.75) is 239 Å². The molecule has 25 rings (SSSR count). The smallest absolute Gasteiger partial charge is 0.0215 e. The van der Waals surface area contributed by atoms with Gasteiger partial charge in [-0.3, -0.25) is 0 Å². The first kappa shape index (κ1) is 88.9. The highest BCUT2D eigenvalue weighted by atomic mass is 14.5. The molecule has 7 aliphatic carbocycles. The Morgan fingerprint density at radius 1 is 0.156 bits per heavy atom. The zero-order valence-electron chi connectivity index (χ0n) is 85.6. The maximum Gasteiger partial charge on any atom is 0.0215 e. The second-order valence-corrected chi connectivity index (χ2v) is 46.5. The third-order valence-corrected chi connectivity index (χ3v) is 35.9. The lowest BCUT2D eigenvalue weighted by atomic mass is 9.69. The van der Waals surface area contributed by atoms with Crippen LogP contribution in [0.1, 0.15) is 276 Å². The van der Waals surface area contributed by atoms with Crippen LogP contribution in [0, 0.1) is 13.8 Å². The lowest BCUT2D eigenvalue weighted by molar-refractivity contribution is 0.398. The molecule has 0 saturated carbocycles. The quantitative estimate of drug-likeness (QED) is 0.0593. The summed E-state index contributed by atoms with van der Waals surface area (Å²) in [5.74, 6) is 0. The summed E-state index contributed by atoms with van der Waals surface area (Å²) >= 11 is 0. The minimum atomic E-state index is -0.302. The lowest BCUT2D eigenvalue weighted by Crippen LogP contribution is -2.26. The molecule has 0 nitrogen and oxygen atoms in total. The fourth-order valence-electron chi connectivity index (χ4n) is 28.1. The predicted molar refractivity (Wildman–Crippen MR) is 602 cm³/mol. The minimum Gasteiger partial charge on any atom is -0.0654 e. The van der Waals surface area contributed by atoms with Crippen LogP contribution in [0.25, 0.3) is 188 Å². The van der Waals surface area contributed by atoms with E-state index in [2.05, 4.69) is 438 Å². The van der Waals surface area contributed by atoms with Crippen molar-refractivity contribution in [2.24, 2.45) is 0 Å². The average Bonchev–Trinajstić information content (AvgIpc) is 1.51. The fourth-order valence-corrected chi connectivity index (χ4v) is 28.1. The Hall–Kier alpha value is -13.5. The van der Waals surface area contributed by atoms with Crippen LogP contribution >= 0.6 is 0 Å². The van der Waals surface area contributed by atoms with E-state index < -0.39 is 0 Å². The minimum absolute atomic E-state index is 0.0549. The summed E-state index contributed by atoms with van der Waals surface area (Å²) in [4.78, 5) is 0. The Balaban J connectivity index is 0.545. The second kappa shape index (κ2) is 32.8. The van der Waals surface area contributed by atoms with Crippen LogP contribution in [0.3, 0.4) is 0 Å². The molecule has 0 fully saturated rings. The van der Waals surface area contributed by atoms with Gasteiger partial charge in [0.15, 0.2) is 0 Å². The van der Waals surface area contributed by atoms with Gasteiger partial charge in [0.25, 0.3) is 0 Å². The van der Waals surface area contributed by atoms with Gasteiger partial charge in [-0.2, -0.15) is 0 Å². The van der Waals surface area contributed by atoms with Gasteiger partial charge in [-0.1, -0.05) is 405 Å². The number of hydrogen-bond donors (Lipinski definition) is 0.